The fourth-order valence-corrected chi connectivity index (χ4v) is 4.22. The number of rotatable bonds is 3. The Balaban J connectivity index is 0.00000240. The summed E-state index contributed by atoms with van der Waals surface area (Å²) in [5.74, 6) is 2.17. The largest absolute Gasteiger partial charge is 0.349 e. The molecule has 2 unspecified atom stereocenters. The van der Waals surface area contributed by atoms with Gasteiger partial charge >= 0.3 is 0 Å². The molecule has 0 N–H and O–H groups in total. The first-order valence-electron chi connectivity index (χ1n) is 10.2. The number of halogens is 1. The third kappa shape index (κ3) is 4.02. The molecule has 0 spiro atoms. The lowest BCUT2D eigenvalue weighted by molar-refractivity contribution is 0.609. The summed E-state index contributed by atoms with van der Waals surface area (Å²) in [6.45, 7) is 11.9. The van der Waals surface area contributed by atoms with Gasteiger partial charge in [-0.3, -0.25) is 0 Å². The van der Waals surface area contributed by atoms with E-state index in [9.17, 15) is 0 Å². The van der Waals surface area contributed by atoms with Crippen molar-refractivity contribution in [1.29, 1.82) is 0 Å². The van der Waals surface area contributed by atoms with Crippen molar-refractivity contribution in [3.63, 3.8) is 0 Å². The molecule has 0 aliphatic carbocycles. The molecule has 0 amide bonds. The summed E-state index contributed by atoms with van der Waals surface area (Å²) in [6, 6.07) is 17.7. The Bertz CT molecular complexity index is 1000. The van der Waals surface area contributed by atoms with Crippen LogP contribution in [0.2, 0.25) is 0 Å². The van der Waals surface area contributed by atoms with Gasteiger partial charge in [0, 0.05) is 23.7 Å². The van der Waals surface area contributed by atoms with Crippen molar-refractivity contribution >= 4 is 18.2 Å². The van der Waals surface area contributed by atoms with E-state index in [0.717, 1.165) is 30.3 Å². The van der Waals surface area contributed by atoms with Crippen molar-refractivity contribution in [1.82, 2.24) is 9.97 Å². The molecule has 0 radical (unpaired) electrons. The molecule has 4 rings (SSSR count). The molecule has 2 heterocycles. The average molecular weight is 408 g/mol. The van der Waals surface area contributed by atoms with Gasteiger partial charge in [0.05, 0.1) is 6.04 Å². The van der Waals surface area contributed by atoms with E-state index in [1.54, 1.807) is 0 Å². The predicted molar refractivity (Wildman–Crippen MR) is 123 cm³/mol. The van der Waals surface area contributed by atoms with Crippen LogP contribution in [0, 0.1) is 20.8 Å². The van der Waals surface area contributed by atoms with Crippen LogP contribution in [-0.2, 0) is 6.42 Å². The second-order valence-corrected chi connectivity index (χ2v) is 8.07. The third-order valence-electron chi connectivity index (χ3n) is 6.18. The van der Waals surface area contributed by atoms with Crippen molar-refractivity contribution in [3.8, 4) is 0 Å². The number of nitrogens with zero attached hydrogens (tertiary/aromatic N) is 3. The quantitative estimate of drug-likeness (QED) is 0.525. The fourth-order valence-electron chi connectivity index (χ4n) is 4.22. The number of aromatic nitrogens is 2. The molecule has 29 heavy (non-hydrogen) atoms. The predicted octanol–water partition coefficient (Wildman–Crippen LogP) is 6.10. The summed E-state index contributed by atoms with van der Waals surface area (Å²) in [5.41, 5.74) is 7.73. The van der Waals surface area contributed by atoms with Gasteiger partial charge in [-0.25, -0.2) is 9.97 Å². The molecule has 3 nitrogen and oxygen atoms in total. The first kappa shape index (κ1) is 21.3. The summed E-state index contributed by atoms with van der Waals surface area (Å²) < 4.78 is 0. The van der Waals surface area contributed by atoms with E-state index in [4.69, 9.17) is 9.97 Å². The molecule has 2 aromatic carbocycles. The number of aryl methyl sites for hydroxylation is 2. The summed E-state index contributed by atoms with van der Waals surface area (Å²) in [4.78, 5) is 12.4. The zero-order valence-electron chi connectivity index (χ0n) is 17.9. The van der Waals surface area contributed by atoms with Crippen LogP contribution in [0.15, 0.2) is 48.5 Å². The van der Waals surface area contributed by atoms with Crippen molar-refractivity contribution in [2.45, 2.75) is 53.0 Å². The van der Waals surface area contributed by atoms with Crippen LogP contribution >= 0.6 is 12.4 Å². The maximum atomic E-state index is 5.09. The van der Waals surface area contributed by atoms with E-state index < -0.39 is 0 Å². The lowest BCUT2D eigenvalue weighted by Gasteiger charge is -2.37. The van der Waals surface area contributed by atoms with Crippen LogP contribution in [0.1, 0.15) is 65.1 Å². The van der Waals surface area contributed by atoms with Gasteiger partial charge in [0.25, 0.3) is 0 Å². The number of fused-ring (bicyclic) bond motifs is 1. The maximum Gasteiger partial charge on any atom is 0.138 e. The average Bonchev–Trinajstić information content (AvgIpc) is 2.71. The molecular weight excluding hydrogens is 378 g/mol. The van der Waals surface area contributed by atoms with E-state index >= 15 is 0 Å². The number of benzene rings is 2. The highest BCUT2D eigenvalue weighted by Gasteiger charge is 2.27. The van der Waals surface area contributed by atoms with Crippen molar-refractivity contribution in [2.75, 3.05) is 11.4 Å². The van der Waals surface area contributed by atoms with Gasteiger partial charge in [-0.2, -0.15) is 0 Å². The molecule has 0 bridgehead atoms. The molecule has 0 saturated heterocycles. The molecular formula is C25H30ClN3. The number of anilines is 1. The maximum absolute atomic E-state index is 5.09. The summed E-state index contributed by atoms with van der Waals surface area (Å²) in [5, 5.41) is 0. The second kappa shape index (κ2) is 8.54. The first-order chi connectivity index (χ1) is 13.5. The first-order valence-corrected chi connectivity index (χ1v) is 10.2. The fraction of sp³-hybridized carbons (Fsp3) is 0.360. The molecule has 2 atom stereocenters. The van der Waals surface area contributed by atoms with Crippen LogP contribution in [-0.4, -0.2) is 16.5 Å². The Morgan fingerprint density at radius 3 is 2.45 bits per heavy atom. The van der Waals surface area contributed by atoms with E-state index in [1.807, 2.05) is 0 Å². The highest BCUT2D eigenvalue weighted by Crippen LogP contribution is 2.36. The molecule has 1 aliphatic rings. The van der Waals surface area contributed by atoms with Gasteiger partial charge in [-0.1, -0.05) is 61.0 Å². The molecule has 0 fully saturated rings. The van der Waals surface area contributed by atoms with Gasteiger partial charge in [-0.05, 0) is 50.8 Å². The van der Waals surface area contributed by atoms with Crippen LogP contribution in [0.4, 0.5) is 5.82 Å². The Hall–Kier alpha value is -2.39. The Morgan fingerprint density at radius 1 is 1.00 bits per heavy atom. The molecule has 3 aromatic rings. The monoisotopic (exact) mass is 407 g/mol. The van der Waals surface area contributed by atoms with E-state index in [2.05, 4.69) is 88.0 Å². The highest BCUT2D eigenvalue weighted by atomic mass is 35.5. The molecule has 0 saturated carbocycles. The smallest absolute Gasteiger partial charge is 0.138 e. The second-order valence-electron chi connectivity index (χ2n) is 8.07. The molecule has 1 aliphatic heterocycles. The molecule has 1 aromatic heterocycles. The summed E-state index contributed by atoms with van der Waals surface area (Å²) in [7, 11) is 0. The van der Waals surface area contributed by atoms with Crippen LogP contribution in [0.3, 0.4) is 0 Å². The minimum absolute atomic E-state index is 0. The lowest BCUT2D eigenvalue weighted by Crippen LogP contribution is -2.35. The van der Waals surface area contributed by atoms with E-state index in [1.165, 1.54) is 27.8 Å². The molecule has 4 heteroatoms. The Morgan fingerprint density at radius 2 is 1.72 bits per heavy atom. The van der Waals surface area contributed by atoms with Gasteiger partial charge in [-0.15, -0.1) is 12.4 Å². The Labute approximate surface area is 180 Å². The van der Waals surface area contributed by atoms with E-state index in [-0.39, 0.29) is 18.3 Å². The zero-order chi connectivity index (χ0) is 19.8. The van der Waals surface area contributed by atoms with Crippen LogP contribution in [0.5, 0.6) is 0 Å². The normalized spacial score (nSPS) is 16.7. The molecule has 152 valence electrons. The van der Waals surface area contributed by atoms with Crippen molar-refractivity contribution in [3.05, 3.63) is 87.9 Å². The Kier molecular flexibility index (Phi) is 6.28. The minimum atomic E-state index is 0. The zero-order valence-corrected chi connectivity index (χ0v) is 18.8. The lowest BCUT2D eigenvalue weighted by atomic mass is 9.91. The van der Waals surface area contributed by atoms with Gasteiger partial charge in [0.2, 0.25) is 0 Å². The third-order valence-corrected chi connectivity index (χ3v) is 6.18. The summed E-state index contributed by atoms with van der Waals surface area (Å²) in [6.07, 6.45) is 1.06. The van der Waals surface area contributed by atoms with E-state index in [0.29, 0.717) is 6.04 Å². The number of hydrogen-bond donors (Lipinski definition) is 0. The van der Waals surface area contributed by atoms with Crippen molar-refractivity contribution in [2.24, 2.45) is 0 Å². The SMILES string of the molecule is Cc1ccc2c(c1)C(C)N(c1nc(C(C)c3ccccc3)nc(C)c1C)CC2.Cl. The standard InChI is InChI=1S/C25H29N3.ClH/c1-16-11-12-22-13-14-28(20(5)23(22)15-16)25-17(2)19(4)26-24(27-25)18(3)21-9-7-6-8-10-21;/h6-12,15,18,20H,13-14H2,1-5H3;1H. The number of hydrogen-bond acceptors (Lipinski definition) is 3. The van der Waals surface area contributed by atoms with Crippen LogP contribution in [0.25, 0.3) is 0 Å². The van der Waals surface area contributed by atoms with Gasteiger partial charge < -0.3 is 4.90 Å². The van der Waals surface area contributed by atoms with Gasteiger partial charge in [0.15, 0.2) is 0 Å². The highest BCUT2D eigenvalue weighted by molar-refractivity contribution is 5.85. The van der Waals surface area contributed by atoms with Crippen LogP contribution < -0.4 is 4.90 Å². The topological polar surface area (TPSA) is 29.0 Å². The van der Waals surface area contributed by atoms with Gasteiger partial charge in [0.1, 0.15) is 11.6 Å². The summed E-state index contributed by atoms with van der Waals surface area (Å²) >= 11 is 0. The van der Waals surface area contributed by atoms with Crippen molar-refractivity contribution < 1.29 is 0 Å². The minimum Gasteiger partial charge on any atom is -0.349 e.